The molecule has 32 heavy (non-hydrogen) atoms. The van der Waals surface area contributed by atoms with Gasteiger partial charge in [-0.25, -0.2) is 0 Å². The summed E-state index contributed by atoms with van der Waals surface area (Å²) in [6, 6.07) is 20.6. The molecule has 0 bridgehead atoms. The van der Waals surface area contributed by atoms with E-state index in [-0.39, 0.29) is 11.8 Å². The van der Waals surface area contributed by atoms with E-state index in [4.69, 9.17) is 15.1 Å². The first-order valence-corrected chi connectivity index (χ1v) is 11.4. The van der Waals surface area contributed by atoms with Gasteiger partial charge in [0, 0.05) is 30.5 Å². The molecule has 2 fully saturated rings. The molecule has 2 aromatic rings. The van der Waals surface area contributed by atoms with Crippen LogP contribution in [0.1, 0.15) is 42.7 Å². The van der Waals surface area contributed by atoms with E-state index in [0.29, 0.717) is 30.7 Å². The lowest BCUT2D eigenvalue weighted by Gasteiger charge is -2.42. The number of piperidine rings is 1. The van der Waals surface area contributed by atoms with Crippen molar-refractivity contribution in [2.45, 2.75) is 37.6 Å². The smallest absolute Gasteiger partial charge is 0.304 e. The van der Waals surface area contributed by atoms with Crippen molar-refractivity contribution in [3.8, 4) is 11.8 Å². The Hall–Kier alpha value is -2.88. The van der Waals surface area contributed by atoms with E-state index in [1.807, 2.05) is 12.1 Å². The van der Waals surface area contributed by atoms with Crippen LogP contribution in [-0.4, -0.2) is 54.8 Å². The van der Waals surface area contributed by atoms with Gasteiger partial charge in [0.05, 0.1) is 24.7 Å². The van der Waals surface area contributed by atoms with E-state index in [9.17, 15) is 4.79 Å². The number of aliphatic carboxylic acids is 1. The van der Waals surface area contributed by atoms with E-state index >= 15 is 0 Å². The van der Waals surface area contributed by atoms with Gasteiger partial charge in [-0.3, -0.25) is 4.79 Å². The standard InChI is InChI=1S/C26H31N3O3/c27-17-20-5-4-8-22(15-20)32-19-26(10-13-29(14-11-26)12-9-25(30)31)18-28-24-16-23(24)21-6-2-1-3-7-21/h1-8,15,23-24,28H,9-14,16,18-19H2,(H,30,31). The third-order valence-corrected chi connectivity index (χ3v) is 6.82. The largest absolute Gasteiger partial charge is 0.493 e. The first-order chi connectivity index (χ1) is 15.6. The number of carbonyl (C=O) groups is 1. The van der Waals surface area contributed by atoms with E-state index in [2.05, 4.69) is 46.6 Å². The fourth-order valence-electron chi connectivity index (χ4n) is 4.61. The molecule has 1 heterocycles. The van der Waals surface area contributed by atoms with Crippen molar-refractivity contribution < 1.29 is 14.6 Å². The predicted molar refractivity (Wildman–Crippen MR) is 123 cm³/mol. The Labute approximate surface area is 189 Å². The fraction of sp³-hybridized carbons (Fsp3) is 0.462. The Morgan fingerprint density at radius 2 is 1.97 bits per heavy atom. The minimum atomic E-state index is -0.745. The van der Waals surface area contributed by atoms with Gasteiger partial charge in [0.15, 0.2) is 0 Å². The minimum Gasteiger partial charge on any atom is -0.493 e. The van der Waals surface area contributed by atoms with Crippen molar-refractivity contribution in [3.63, 3.8) is 0 Å². The molecular formula is C26H31N3O3. The van der Waals surface area contributed by atoms with Gasteiger partial charge >= 0.3 is 5.97 Å². The van der Waals surface area contributed by atoms with Gasteiger partial charge in [0.2, 0.25) is 0 Å². The van der Waals surface area contributed by atoms with Gasteiger partial charge in [0.25, 0.3) is 0 Å². The summed E-state index contributed by atoms with van der Waals surface area (Å²) in [6.07, 6.45) is 3.26. The molecule has 0 radical (unpaired) electrons. The number of carboxylic acids is 1. The summed E-state index contributed by atoms with van der Waals surface area (Å²) in [7, 11) is 0. The first-order valence-electron chi connectivity index (χ1n) is 11.4. The highest BCUT2D eigenvalue weighted by molar-refractivity contribution is 5.66. The molecule has 1 saturated carbocycles. The average Bonchev–Trinajstić information content (AvgIpc) is 3.62. The predicted octanol–water partition coefficient (Wildman–Crippen LogP) is 3.64. The molecule has 6 nitrogen and oxygen atoms in total. The molecule has 1 aliphatic carbocycles. The maximum absolute atomic E-state index is 10.9. The van der Waals surface area contributed by atoms with Crippen LogP contribution >= 0.6 is 0 Å². The number of likely N-dealkylation sites (tertiary alicyclic amines) is 1. The molecule has 4 rings (SSSR count). The van der Waals surface area contributed by atoms with E-state index in [1.54, 1.807) is 12.1 Å². The van der Waals surface area contributed by atoms with Gasteiger partial charge in [-0.2, -0.15) is 5.26 Å². The van der Waals surface area contributed by atoms with Crippen LogP contribution in [0, 0.1) is 16.7 Å². The van der Waals surface area contributed by atoms with Crippen LogP contribution < -0.4 is 10.1 Å². The number of rotatable bonds is 10. The van der Waals surface area contributed by atoms with Gasteiger partial charge in [-0.15, -0.1) is 0 Å². The van der Waals surface area contributed by atoms with E-state index < -0.39 is 5.97 Å². The van der Waals surface area contributed by atoms with Crippen LogP contribution in [0.4, 0.5) is 0 Å². The maximum atomic E-state index is 10.9. The monoisotopic (exact) mass is 433 g/mol. The quantitative estimate of drug-likeness (QED) is 0.595. The summed E-state index contributed by atoms with van der Waals surface area (Å²) in [5.74, 6) is 0.562. The van der Waals surface area contributed by atoms with Crippen molar-refractivity contribution >= 4 is 5.97 Å². The molecule has 2 unspecified atom stereocenters. The molecule has 168 valence electrons. The number of benzene rings is 2. The number of carboxylic acid groups (broad SMARTS) is 1. The molecule has 1 saturated heterocycles. The summed E-state index contributed by atoms with van der Waals surface area (Å²) < 4.78 is 6.19. The second-order valence-corrected chi connectivity index (χ2v) is 9.15. The van der Waals surface area contributed by atoms with Crippen LogP contribution in [-0.2, 0) is 4.79 Å². The summed E-state index contributed by atoms with van der Waals surface area (Å²) in [6.45, 7) is 3.82. The molecule has 6 heteroatoms. The molecular weight excluding hydrogens is 402 g/mol. The summed E-state index contributed by atoms with van der Waals surface area (Å²) >= 11 is 0. The van der Waals surface area contributed by atoms with Crippen molar-refractivity contribution in [2.75, 3.05) is 32.8 Å². The Bertz CT molecular complexity index is 948. The minimum absolute atomic E-state index is 0.00774. The summed E-state index contributed by atoms with van der Waals surface area (Å²) in [5.41, 5.74) is 1.99. The second-order valence-electron chi connectivity index (χ2n) is 9.15. The maximum Gasteiger partial charge on any atom is 0.304 e. The second kappa shape index (κ2) is 10.2. The Balaban J connectivity index is 1.36. The van der Waals surface area contributed by atoms with Crippen LogP contribution in [0.5, 0.6) is 5.75 Å². The average molecular weight is 434 g/mol. The zero-order valence-corrected chi connectivity index (χ0v) is 18.4. The third kappa shape index (κ3) is 5.87. The number of hydrogen-bond donors (Lipinski definition) is 2. The highest BCUT2D eigenvalue weighted by Crippen LogP contribution is 2.42. The molecule has 0 aromatic heterocycles. The summed E-state index contributed by atoms with van der Waals surface area (Å²) in [4.78, 5) is 13.2. The lowest BCUT2D eigenvalue weighted by Crippen LogP contribution is -2.49. The zero-order chi connectivity index (χ0) is 22.4. The van der Waals surface area contributed by atoms with Gasteiger partial charge in [-0.1, -0.05) is 36.4 Å². The van der Waals surface area contributed by atoms with Crippen LogP contribution in [0.15, 0.2) is 54.6 Å². The highest BCUT2D eigenvalue weighted by atomic mass is 16.5. The van der Waals surface area contributed by atoms with Crippen molar-refractivity contribution in [2.24, 2.45) is 5.41 Å². The Kier molecular flexibility index (Phi) is 7.09. The normalized spacial score (nSPS) is 22.1. The van der Waals surface area contributed by atoms with Crippen molar-refractivity contribution in [1.29, 1.82) is 5.26 Å². The Morgan fingerprint density at radius 1 is 1.19 bits per heavy atom. The van der Waals surface area contributed by atoms with Crippen LogP contribution in [0.2, 0.25) is 0 Å². The number of nitrogens with zero attached hydrogens (tertiary/aromatic N) is 2. The number of nitrogens with one attached hydrogen (secondary N) is 1. The van der Waals surface area contributed by atoms with Gasteiger partial charge in [-0.05, 0) is 56.1 Å². The fourth-order valence-corrected chi connectivity index (χ4v) is 4.61. The number of nitriles is 1. The molecule has 2 aromatic carbocycles. The summed E-state index contributed by atoms with van der Waals surface area (Å²) in [5, 5.41) is 21.9. The topological polar surface area (TPSA) is 85.6 Å². The molecule has 2 atom stereocenters. The lowest BCUT2D eigenvalue weighted by atomic mass is 9.78. The Morgan fingerprint density at radius 3 is 2.69 bits per heavy atom. The zero-order valence-electron chi connectivity index (χ0n) is 18.4. The molecule has 1 aliphatic heterocycles. The van der Waals surface area contributed by atoms with Gasteiger partial charge < -0.3 is 20.1 Å². The molecule has 2 aliphatic rings. The third-order valence-electron chi connectivity index (χ3n) is 6.82. The first kappa shape index (κ1) is 22.3. The highest BCUT2D eigenvalue weighted by Gasteiger charge is 2.41. The number of hydrogen-bond acceptors (Lipinski definition) is 5. The van der Waals surface area contributed by atoms with Crippen molar-refractivity contribution in [3.05, 3.63) is 65.7 Å². The van der Waals surface area contributed by atoms with Crippen LogP contribution in [0.3, 0.4) is 0 Å². The molecule has 0 amide bonds. The number of ether oxygens (including phenoxy) is 1. The van der Waals surface area contributed by atoms with E-state index in [0.717, 1.165) is 44.6 Å². The van der Waals surface area contributed by atoms with Gasteiger partial charge in [0.1, 0.15) is 5.75 Å². The molecule has 2 N–H and O–H groups in total. The van der Waals surface area contributed by atoms with E-state index in [1.165, 1.54) is 5.56 Å². The lowest BCUT2D eigenvalue weighted by molar-refractivity contribution is -0.137. The van der Waals surface area contributed by atoms with Crippen molar-refractivity contribution in [1.82, 2.24) is 10.2 Å². The van der Waals surface area contributed by atoms with Crippen LogP contribution in [0.25, 0.3) is 0 Å². The SMILES string of the molecule is N#Cc1cccc(OCC2(CNC3CC3c3ccccc3)CCN(CCC(=O)O)CC2)c1. The molecule has 0 spiro atoms.